The van der Waals surface area contributed by atoms with Gasteiger partial charge in [-0.15, -0.1) is 0 Å². The maximum absolute atomic E-state index is 6.66. The third kappa shape index (κ3) is 7.76. The predicted octanol–water partition coefficient (Wildman–Crippen LogP) is 11.6. The molecule has 6 heteroatoms. The van der Waals surface area contributed by atoms with E-state index < -0.39 is 0 Å². The van der Waals surface area contributed by atoms with E-state index in [0.717, 1.165) is 84.6 Å². The van der Waals surface area contributed by atoms with Gasteiger partial charge in [-0.2, -0.15) is 0 Å². The summed E-state index contributed by atoms with van der Waals surface area (Å²) in [6, 6.07) is 56.0. The summed E-state index contributed by atoms with van der Waals surface area (Å²) >= 11 is 0. The number of methoxy groups -OCH3 is 6. The molecule has 0 atom stereocenters. The molecule has 1 aliphatic rings. The molecular weight excluding hydrogens is 709 g/mol. The first kappa shape index (κ1) is 38.6. The lowest BCUT2D eigenvalue weighted by Gasteiger charge is -2.45. The minimum absolute atomic E-state index is 0.377. The van der Waals surface area contributed by atoms with Crippen LogP contribution in [0.1, 0.15) is 51.1 Å². The standard InChI is InChI=1S/C51H48O6/c1-52-40-28-22-34(23-29-40)43-46(49(55-4)37-16-10-7-11-17-37)44(35-24-30-41(53-2)31-25-35)48(51(57-6)39-20-14-9-15-21-39)45(36-26-32-42(54-3)33-27-36)47(43)50(56-5)38-18-12-8-13-19-38/h7-33,43-45H,1-6H3. The van der Waals surface area contributed by atoms with Crippen LogP contribution in [0.3, 0.4) is 0 Å². The lowest BCUT2D eigenvalue weighted by atomic mass is 9.58. The van der Waals surface area contributed by atoms with Crippen LogP contribution in [0.15, 0.2) is 181 Å². The Morgan fingerprint density at radius 1 is 0.298 bits per heavy atom. The summed E-state index contributed by atoms with van der Waals surface area (Å²) in [7, 11) is 10.4. The van der Waals surface area contributed by atoms with Gasteiger partial charge in [-0.3, -0.25) is 0 Å². The zero-order valence-electron chi connectivity index (χ0n) is 33.3. The maximum Gasteiger partial charge on any atom is 0.127 e. The molecule has 0 amide bonds. The highest BCUT2D eigenvalue weighted by molar-refractivity contribution is 5.82. The number of hydrogen-bond acceptors (Lipinski definition) is 6. The van der Waals surface area contributed by atoms with Gasteiger partial charge < -0.3 is 28.4 Å². The smallest absolute Gasteiger partial charge is 0.127 e. The van der Waals surface area contributed by atoms with Gasteiger partial charge in [0, 0.05) is 34.4 Å². The molecule has 0 heterocycles. The molecular formula is C51H48O6. The largest absolute Gasteiger partial charge is 0.497 e. The van der Waals surface area contributed by atoms with Crippen molar-refractivity contribution in [1.82, 2.24) is 0 Å². The van der Waals surface area contributed by atoms with Gasteiger partial charge in [0.15, 0.2) is 0 Å². The Hall–Kier alpha value is -6.66. The highest BCUT2D eigenvalue weighted by atomic mass is 16.5. The van der Waals surface area contributed by atoms with Gasteiger partial charge in [-0.1, -0.05) is 127 Å². The molecule has 0 unspecified atom stereocenters. The number of hydrogen-bond donors (Lipinski definition) is 0. The monoisotopic (exact) mass is 756 g/mol. The minimum Gasteiger partial charge on any atom is -0.497 e. The molecule has 6 aromatic carbocycles. The van der Waals surface area contributed by atoms with E-state index in [9.17, 15) is 0 Å². The normalized spacial score (nSPS) is 16.3. The molecule has 1 fully saturated rings. The molecule has 1 saturated carbocycles. The molecule has 6 aromatic rings. The van der Waals surface area contributed by atoms with Crippen LogP contribution in [0.2, 0.25) is 0 Å². The molecule has 0 spiro atoms. The van der Waals surface area contributed by atoms with Crippen LogP contribution in [0.25, 0.3) is 17.3 Å². The fraction of sp³-hybridized carbons (Fsp3) is 0.176. The average molecular weight is 757 g/mol. The minimum atomic E-state index is -0.377. The second kappa shape index (κ2) is 17.9. The highest BCUT2D eigenvalue weighted by Gasteiger charge is 2.48. The Balaban J connectivity index is 1.76. The van der Waals surface area contributed by atoms with Crippen molar-refractivity contribution in [2.45, 2.75) is 17.8 Å². The second-order valence-electron chi connectivity index (χ2n) is 13.7. The first-order valence-corrected chi connectivity index (χ1v) is 19.0. The topological polar surface area (TPSA) is 55.4 Å². The third-order valence-corrected chi connectivity index (χ3v) is 10.7. The summed E-state index contributed by atoms with van der Waals surface area (Å²) in [5.41, 5.74) is 9.09. The van der Waals surface area contributed by atoms with Crippen LogP contribution in [0.5, 0.6) is 17.2 Å². The summed E-state index contributed by atoms with van der Waals surface area (Å²) in [5, 5.41) is 0. The quantitative estimate of drug-likeness (QED) is 0.116. The number of ether oxygens (including phenoxy) is 6. The number of benzene rings is 6. The molecule has 0 bridgehead atoms. The van der Waals surface area contributed by atoms with Gasteiger partial charge in [-0.05, 0) is 69.8 Å². The molecule has 0 saturated heterocycles. The first-order valence-electron chi connectivity index (χ1n) is 19.0. The van der Waals surface area contributed by atoms with Crippen molar-refractivity contribution in [3.63, 3.8) is 0 Å². The van der Waals surface area contributed by atoms with Crippen molar-refractivity contribution in [3.8, 4) is 17.2 Å². The second-order valence-corrected chi connectivity index (χ2v) is 13.7. The lowest BCUT2D eigenvalue weighted by Crippen LogP contribution is -2.31. The zero-order chi connectivity index (χ0) is 39.7. The molecule has 0 aliphatic heterocycles. The predicted molar refractivity (Wildman–Crippen MR) is 228 cm³/mol. The Bertz CT molecular complexity index is 2040. The Morgan fingerprint density at radius 3 is 0.719 bits per heavy atom. The van der Waals surface area contributed by atoms with Crippen LogP contribution in [0, 0.1) is 0 Å². The Labute approximate surface area is 336 Å². The average Bonchev–Trinajstić information content (AvgIpc) is 3.28. The van der Waals surface area contributed by atoms with Crippen LogP contribution >= 0.6 is 0 Å². The van der Waals surface area contributed by atoms with E-state index in [0.29, 0.717) is 0 Å². The number of rotatable bonds is 12. The van der Waals surface area contributed by atoms with Gasteiger partial charge in [-0.25, -0.2) is 0 Å². The first-order chi connectivity index (χ1) is 28.0. The highest BCUT2D eigenvalue weighted by Crippen LogP contribution is 2.62. The van der Waals surface area contributed by atoms with Gasteiger partial charge >= 0.3 is 0 Å². The number of allylic oxidation sites excluding steroid dienone is 3. The van der Waals surface area contributed by atoms with Crippen LogP contribution < -0.4 is 14.2 Å². The van der Waals surface area contributed by atoms with E-state index in [1.165, 1.54) is 0 Å². The molecule has 6 nitrogen and oxygen atoms in total. The van der Waals surface area contributed by atoms with Crippen molar-refractivity contribution < 1.29 is 28.4 Å². The van der Waals surface area contributed by atoms with E-state index in [4.69, 9.17) is 28.4 Å². The Morgan fingerprint density at radius 2 is 0.526 bits per heavy atom. The van der Waals surface area contributed by atoms with Crippen molar-refractivity contribution in [3.05, 3.63) is 214 Å². The lowest BCUT2D eigenvalue weighted by molar-refractivity contribution is 0.347. The molecule has 0 N–H and O–H groups in total. The molecule has 7 rings (SSSR count). The van der Waals surface area contributed by atoms with Crippen LogP contribution in [0.4, 0.5) is 0 Å². The van der Waals surface area contributed by atoms with E-state index >= 15 is 0 Å². The maximum atomic E-state index is 6.66. The molecule has 1 aliphatic carbocycles. The van der Waals surface area contributed by atoms with E-state index in [1.54, 1.807) is 42.7 Å². The zero-order valence-corrected chi connectivity index (χ0v) is 33.3. The molecule has 0 radical (unpaired) electrons. The summed E-state index contributed by atoms with van der Waals surface area (Å²) in [5.74, 6) is 3.43. The van der Waals surface area contributed by atoms with Crippen LogP contribution in [-0.2, 0) is 14.2 Å². The van der Waals surface area contributed by atoms with Gasteiger partial charge in [0.2, 0.25) is 0 Å². The van der Waals surface area contributed by atoms with Gasteiger partial charge in [0.25, 0.3) is 0 Å². The van der Waals surface area contributed by atoms with E-state index in [1.807, 2.05) is 91.0 Å². The van der Waals surface area contributed by atoms with Crippen molar-refractivity contribution in [1.29, 1.82) is 0 Å². The fourth-order valence-corrected chi connectivity index (χ4v) is 8.23. The summed E-state index contributed by atoms with van der Waals surface area (Å²) in [6.45, 7) is 0. The van der Waals surface area contributed by atoms with Crippen molar-refractivity contribution >= 4 is 17.3 Å². The SMILES string of the molecule is COC(=C1C(c2ccc(OC)cc2)C(=C(OC)c2ccccc2)C(c2ccc(OC)cc2)C(=C(OC)c2ccccc2)C1c1ccc(OC)cc1)c1ccccc1. The summed E-state index contributed by atoms with van der Waals surface area (Å²) in [4.78, 5) is 0. The summed E-state index contributed by atoms with van der Waals surface area (Å²) in [6.07, 6.45) is 0. The fourth-order valence-electron chi connectivity index (χ4n) is 8.23. The van der Waals surface area contributed by atoms with Gasteiger partial charge in [0.1, 0.15) is 34.5 Å². The summed E-state index contributed by atoms with van der Waals surface area (Å²) < 4.78 is 37.1. The van der Waals surface area contributed by atoms with E-state index in [2.05, 4.69) is 72.8 Å². The van der Waals surface area contributed by atoms with Crippen molar-refractivity contribution in [2.75, 3.05) is 42.7 Å². The van der Waals surface area contributed by atoms with Gasteiger partial charge in [0.05, 0.1) is 42.7 Å². The Kier molecular flexibility index (Phi) is 12.1. The molecule has 0 aromatic heterocycles. The van der Waals surface area contributed by atoms with Crippen molar-refractivity contribution in [2.24, 2.45) is 0 Å². The van der Waals surface area contributed by atoms with E-state index in [-0.39, 0.29) is 17.8 Å². The third-order valence-electron chi connectivity index (χ3n) is 10.7. The van der Waals surface area contributed by atoms with Crippen LogP contribution in [-0.4, -0.2) is 42.7 Å². The molecule has 288 valence electrons. The molecule has 57 heavy (non-hydrogen) atoms.